The predicted molar refractivity (Wildman–Crippen MR) is 83.9 cm³/mol. The van der Waals surface area contributed by atoms with Crippen LogP contribution in [0.3, 0.4) is 0 Å². The van der Waals surface area contributed by atoms with E-state index in [4.69, 9.17) is 9.47 Å². The van der Waals surface area contributed by atoms with Crippen LogP contribution in [0.2, 0.25) is 0 Å². The highest BCUT2D eigenvalue weighted by Gasteiger charge is 2.18. The van der Waals surface area contributed by atoms with Gasteiger partial charge in [-0.3, -0.25) is 0 Å². The van der Waals surface area contributed by atoms with Crippen LogP contribution < -0.4 is 21.7 Å². The van der Waals surface area contributed by atoms with E-state index in [1.165, 1.54) is 0 Å². The molecule has 1 N–H and O–H groups in total. The molecule has 6 heteroatoms. The van der Waals surface area contributed by atoms with Gasteiger partial charge in [0.05, 0.1) is 19.2 Å². The number of rotatable bonds is 4. The van der Waals surface area contributed by atoms with Crippen LogP contribution in [0.25, 0.3) is 21.8 Å². The fourth-order valence-electron chi connectivity index (χ4n) is 2.72. The first-order chi connectivity index (χ1) is 10.6. The minimum absolute atomic E-state index is 0. The van der Waals surface area contributed by atoms with Crippen LogP contribution in [-0.4, -0.2) is 24.7 Å². The summed E-state index contributed by atoms with van der Waals surface area (Å²) in [5.74, 6) is 0.587. The molecule has 1 aromatic carbocycles. The van der Waals surface area contributed by atoms with Crippen molar-refractivity contribution in [2.24, 2.45) is 0 Å². The molecular formula is C17H19ClN2O3. The molecule has 2 aromatic heterocycles. The van der Waals surface area contributed by atoms with Gasteiger partial charge in [-0.05, 0) is 19.1 Å². The molecule has 0 fully saturated rings. The lowest BCUT2D eigenvalue weighted by Gasteiger charge is -2.02. The number of ether oxygens (including phenoxy) is 2. The molecule has 0 radical (unpaired) electrons. The minimum Gasteiger partial charge on any atom is -1.00 e. The summed E-state index contributed by atoms with van der Waals surface area (Å²) >= 11 is 0. The number of nitrogens with zero attached hydrogens (tertiary/aromatic N) is 1. The van der Waals surface area contributed by atoms with E-state index < -0.39 is 0 Å². The van der Waals surface area contributed by atoms with Crippen LogP contribution in [-0.2, 0) is 16.1 Å². The number of halogens is 1. The van der Waals surface area contributed by atoms with E-state index in [2.05, 4.69) is 4.98 Å². The summed E-state index contributed by atoms with van der Waals surface area (Å²) in [5, 5.41) is 2.28. The molecule has 122 valence electrons. The molecule has 5 nitrogen and oxygen atoms in total. The van der Waals surface area contributed by atoms with Crippen molar-refractivity contribution >= 4 is 27.8 Å². The van der Waals surface area contributed by atoms with Crippen molar-refractivity contribution < 1.29 is 31.2 Å². The van der Waals surface area contributed by atoms with Gasteiger partial charge in [0, 0.05) is 29.8 Å². The first-order valence-electron chi connectivity index (χ1n) is 7.28. The fraction of sp³-hybridized carbons (Fsp3) is 0.294. The SMILES string of the molecule is CCOC(=O)C[n+]1ccc2c([nH]c3cc(OC)ccc32)c1C.[Cl-]. The van der Waals surface area contributed by atoms with E-state index in [0.717, 1.165) is 33.2 Å². The summed E-state index contributed by atoms with van der Waals surface area (Å²) in [6.07, 6.45) is 1.92. The monoisotopic (exact) mass is 334 g/mol. The molecule has 0 bridgehead atoms. The smallest absolute Gasteiger partial charge is 0.372 e. The number of benzene rings is 1. The number of hydrogen-bond acceptors (Lipinski definition) is 3. The largest absolute Gasteiger partial charge is 1.00 e. The van der Waals surface area contributed by atoms with Crippen LogP contribution in [0.15, 0.2) is 30.5 Å². The normalized spacial score (nSPS) is 10.6. The number of nitrogens with one attached hydrogen (secondary N) is 1. The Kier molecular flexibility index (Phi) is 5.11. The van der Waals surface area contributed by atoms with Gasteiger partial charge in [0.1, 0.15) is 11.3 Å². The molecule has 0 unspecified atom stereocenters. The van der Waals surface area contributed by atoms with Gasteiger partial charge in [0.2, 0.25) is 12.2 Å². The summed E-state index contributed by atoms with van der Waals surface area (Å²) in [6.45, 7) is 4.42. The van der Waals surface area contributed by atoms with E-state index in [9.17, 15) is 4.79 Å². The molecule has 0 amide bonds. The topological polar surface area (TPSA) is 55.2 Å². The van der Waals surface area contributed by atoms with Crippen molar-refractivity contribution in [1.29, 1.82) is 0 Å². The second-order valence-corrected chi connectivity index (χ2v) is 5.16. The molecule has 0 aliphatic rings. The molecule has 23 heavy (non-hydrogen) atoms. The number of H-pyrrole nitrogens is 1. The summed E-state index contributed by atoms with van der Waals surface area (Å²) < 4.78 is 12.2. The fourth-order valence-corrected chi connectivity index (χ4v) is 2.72. The van der Waals surface area contributed by atoms with Crippen molar-refractivity contribution in [2.75, 3.05) is 13.7 Å². The third-order valence-electron chi connectivity index (χ3n) is 3.86. The first kappa shape index (κ1) is 17.1. The zero-order valence-corrected chi connectivity index (χ0v) is 14.1. The lowest BCUT2D eigenvalue weighted by Crippen LogP contribution is -3.00. The molecule has 0 atom stereocenters. The number of methoxy groups -OCH3 is 1. The lowest BCUT2D eigenvalue weighted by molar-refractivity contribution is -0.690. The number of pyridine rings is 1. The minimum atomic E-state index is -0.229. The maximum atomic E-state index is 11.7. The third kappa shape index (κ3) is 3.10. The Bertz CT molecular complexity index is 858. The van der Waals surface area contributed by atoms with Crippen molar-refractivity contribution in [3.8, 4) is 5.75 Å². The highest BCUT2D eigenvalue weighted by Crippen LogP contribution is 2.28. The number of fused-ring (bicyclic) bond motifs is 3. The lowest BCUT2D eigenvalue weighted by atomic mass is 10.1. The van der Waals surface area contributed by atoms with E-state index in [0.29, 0.717) is 6.61 Å². The Morgan fingerprint density at radius 1 is 1.26 bits per heavy atom. The standard InChI is InChI=1S/C17H18N2O3.ClH/c1-4-22-16(20)10-19-8-7-14-13-6-5-12(21-3)9-15(13)18-17(14)11(19)2;/h5-9H,4,10H2,1-3H3;1H. The van der Waals surface area contributed by atoms with Crippen molar-refractivity contribution in [1.82, 2.24) is 4.98 Å². The molecule has 3 aromatic rings. The zero-order chi connectivity index (χ0) is 15.7. The van der Waals surface area contributed by atoms with E-state index in [-0.39, 0.29) is 24.9 Å². The molecule has 3 rings (SSSR count). The van der Waals surface area contributed by atoms with Crippen LogP contribution in [0.1, 0.15) is 12.6 Å². The summed E-state index contributed by atoms with van der Waals surface area (Å²) in [6, 6.07) is 7.99. The number of aromatic nitrogens is 2. The Labute approximate surface area is 140 Å². The number of hydrogen-bond donors (Lipinski definition) is 1. The Hall–Kier alpha value is -2.27. The van der Waals surface area contributed by atoms with Gasteiger partial charge in [0.15, 0.2) is 6.20 Å². The molecule has 0 aliphatic heterocycles. The molecule has 0 spiro atoms. The van der Waals surface area contributed by atoms with Crippen LogP contribution in [0, 0.1) is 6.92 Å². The van der Waals surface area contributed by atoms with E-state index in [1.807, 2.05) is 48.9 Å². The highest BCUT2D eigenvalue weighted by atomic mass is 35.5. The number of aryl methyl sites for hydroxylation is 1. The second-order valence-electron chi connectivity index (χ2n) is 5.16. The average molecular weight is 335 g/mol. The van der Waals surface area contributed by atoms with Crippen molar-refractivity contribution in [2.45, 2.75) is 20.4 Å². The zero-order valence-electron chi connectivity index (χ0n) is 13.4. The summed E-state index contributed by atoms with van der Waals surface area (Å²) in [5.41, 5.74) is 3.04. The maximum absolute atomic E-state index is 11.7. The van der Waals surface area contributed by atoms with Gasteiger partial charge in [0.25, 0.3) is 0 Å². The molecule has 0 saturated heterocycles. The van der Waals surface area contributed by atoms with E-state index in [1.54, 1.807) is 7.11 Å². The Balaban J connectivity index is 0.00000192. The van der Waals surface area contributed by atoms with Crippen LogP contribution in [0.4, 0.5) is 0 Å². The maximum Gasteiger partial charge on any atom is 0.372 e. The summed E-state index contributed by atoms with van der Waals surface area (Å²) in [4.78, 5) is 15.1. The van der Waals surface area contributed by atoms with Crippen molar-refractivity contribution in [3.63, 3.8) is 0 Å². The Morgan fingerprint density at radius 2 is 2.04 bits per heavy atom. The molecular weight excluding hydrogens is 316 g/mol. The van der Waals surface area contributed by atoms with Gasteiger partial charge in [-0.2, -0.15) is 4.57 Å². The number of carbonyl (C=O) groups excluding carboxylic acids is 1. The van der Waals surface area contributed by atoms with Crippen molar-refractivity contribution in [3.05, 3.63) is 36.2 Å². The molecule has 2 heterocycles. The van der Waals surface area contributed by atoms with Crippen LogP contribution >= 0.6 is 0 Å². The van der Waals surface area contributed by atoms with Gasteiger partial charge < -0.3 is 26.9 Å². The number of aromatic amines is 1. The van der Waals surface area contributed by atoms with Gasteiger partial charge >= 0.3 is 5.97 Å². The first-order valence-corrected chi connectivity index (χ1v) is 7.28. The predicted octanol–water partition coefficient (Wildman–Crippen LogP) is -0.507. The average Bonchev–Trinajstić information content (AvgIpc) is 2.88. The van der Waals surface area contributed by atoms with Crippen LogP contribution in [0.5, 0.6) is 5.75 Å². The van der Waals surface area contributed by atoms with Gasteiger partial charge in [-0.15, -0.1) is 0 Å². The highest BCUT2D eigenvalue weighted by molar-refractivity contribution is 6.07. The quantitative estimate of drug-likeness (QED) is 0.517. The summed E-state index contributed by atoms with van der Waals surface area (Å²) in [7, 11) is 1.66. The number of carbonyl (C=O) groups is 1. The molecule has 0 aliphatic carbocycles. The second kappa shape index (κ2) is 6.87. The van der Waals surface area contributed by atoms with Gasteiger partial charge in [-0.25, -0.2) is 4.79 Å². The van der Waals surface area contributed by atoms with Gasteiger partial charge in [-0.1, -0.05) is 0 Å². The Morgan fingerprint density at radius 3 is 2.74 bits per heavy atom. The number of esters is 1. The third-order valence-corrected chi connectivity index (χ3v) is 3.86. The van der Waals surface area contributed by atoms with E-state index >= 15 is 0 Å². The molecule has 0 saturated carbocycles.